The molecule has 0 spiro atoms. The Bertz CT molecular complexity index is 797. The zero-order chi connectivity index (χ0) is 14.8. The Morgan fingerprint density at radius 1 is 1.00 bits per heavy atom. The predicted molar refractivity (Wildman–Crippen MR) is 84.4 cm³/mol. The number of hydrogen-bond acceptors (Lipinski definition) is 2. The molecule has 0 amide bonds. The van der Waals surface area contributed by atoms with E-state index < -0.39 is 0 Å². The normalized spacial score (nSPS) is 10.6. The number of benzene rings is 2. The summed E-state index contributed by atoms with van der Waals surface area (Å²) in [7, 11) is 0. The van der Waals surface area contributed by atoms with Gasteiger partial charge in [0.25, 0.3) is 0 Å². The molecule has 1 aromatic heterocycles. The summed E-state index contributed by atoms with van der Waals surface area (Å²) < 4.78 is 1.51. The molecular weight excluding hydrogens is 307 g/mol. The first-order chi connectivity index (χ1) is 10.2. The van der Waals surface area contributed by atoms with Crippen molar-refractivity contribution in [3.05, 3.63) is 70.3 Å². The molecular formula is C16H10Cl2N2O. The monoisotopic (exact) mass is 316 g/mol. The Hall–Kier alpha value is -2.10. The Balaban J connectivity index is 2.21. The number of hydrogen-bond donors (Lipinski definition) is 0. The fraction of sp³-hybridized carbons (Fsp3) is 0. The molecule has 0 bridgehead atoms. The summed E-state index contributed by atoms with van der Waals surface area (Å²) in [5, 5.41) is 5.30. The van der Waals surface area contributed by atoms with Gasteiger partial charge in [-0.3, -0.25) is 4.79 Å². The van der Waals surface area contributed by atoms with Crippen LogP contribution in [0.4, 0.5) is 0 Å². The highest BCUT2D eigenvalue weighted by Gasteiger charge is 2.18. The molecule has 2 aromatic carbocycles. The van der Waals surface area contributed by atoms with Gasteiger partial charge in [-0.05, 0) is 18.2 Å². The zero-order valence-corrected chi connectivity index (χ0v) is 12.3. The molecule has 3 aromatic rings. The van der Waals surface area contributed by atoms with Crippen LogP contribution in [0.15, 0.2) is 54.6 Å². The smallest absolute Gasteiger partial charge is 0.155 e. The van der Waals surface area contributed by atoms with Crippen LogP contribution in [0.2, 0.25) is 10.2 Å². The minimum absolute atomic E-state index is 0.270. The van der Waals surface area contributed by atoms with Crippen LogP contribution in [0.1, 0.15) is 10.4 Å². The number of rotatable bonds is 3. The first kappa shape index (κ1) is 13.9. The van der Waals surface area contributed by atoms with Crippen molar-refractivity contribution >= 4 is 29.5 Å². The molecule has 3 rings (SSSR count). The van der Waals surface area contributed by atoms with Crippen molar-refractivity contribution in [2.24, 2.45) is 0 Å². The van der Waals surface area contributed by atoms with Gasteiger partial charge in [0.1, 0.15) is 10.8 Å². The van der Waals surface area contributed by atoms with E-state index in [1.807, 2.05) is 36.4 Å². The van der Waals surface area contributed by atoms with Crippen molar-refractivity contribution in [1.29, 1.82) is 0 Å². The molecule has 3 nitrogen and oxygen atoms in total. The van der Waals surface area contributed by atoms with E-state index in [9.17, 15) is 4.79 Å². The largest absolute Gasteiger partial charge is 0.298 e. The van der Waals surface area contributed by atoms with Crippen molar-refractivity contribution < 1.29 is 4.79 Å². The molecule has 0 N–H and O–H groups in total. The SMILES string of the molecule is O=Cc1c(-c2ccccc2)nn(-c2cccc(Cl)c2)c1Cl. The van der Waals surface area contributed by atoms with Crippen molar-refractivity contribution in [2.75, 3.05) is 0 Å². The topological polar surface area (TPSA) is 34.9 Å². The van der Waals surface area contributed by atoms with E-state index in [2.05, 4.69) is 5.10 Å². The fourth-order valence-electron chi connectivity index (χ4n) is 2.10. The van der Waals surface area contributed by atoms with Crippen LogP contribution in [0, 0.1) is 0 Å². The van der Waals surface area contributed by atoms with Crippen molar-refractivity contribution in [1.82, 2.24) is 9.78 Å². The number of aromatic nitrogens is 2. The van der Waals surface area contributed by atoms with E-state index in [1.165, 1.54) is 4.68 Å². The summed E-state index contributed by atoms with van der Waals surface area (Å²) in [5.41, 5.74) is 2.46. The maximum Gasteiger partial charge on any atom is 0.155 e. The molecule has 5 heteroatoms. The van der Waals surface area contributed by atoms with E-state index in [1.54, 1.807) is 18.2 Å². The first-order valence-corrected chi connectivity index (χ1v) is 7.01. The summed E-state index contributed by atoms with van der Waals surface area (Å²) >= 11 is 12.3. The van der Waals surface area contributed by atoms with Crippen molar-refractivity contribution in [2.45, 2.75) is 0 Å². The molecule has 0 saturated heterocycles. The lowest BCUT2D eigenvalue weighted by Crippen LogP contribution is -1.96. The van der Waals surface area contributed by atoms with E-state index in [0.29, 0.717) is 22.0 Å². The molecule has 0 unspecified atom stereocenters. The quantitative estimate of drug-likeness (QED) is 0.659. The molecule has 0 aliphatic carbocycles. The minimum atomic E-state index is 0.270. The predicted octanol–water partition coefficient (Wildman–Crippen LogP) is 4.66. The molecule has 0 saturated carbocycles. The highest BCUT2D eigenvalue weighted by molar-refractivity contribution is 6.33. The van der Waals surface area contributed by atoms with E-state index >= 15 is 0 Å². The van der Waals surface area contributed by atoms with E-state index in [4.69, 9.17) is 23.2 Å². The van der Waals surface area contributed by atoms with Gasteiger partial charge in [0.05, 0.1) is 11.3 Å². The van der Waals surface area contributed by atoms with E-state index in [-0.39, 0.29) is 5.15 Å². The third-order valence-corrected chi connectivity index (χ3v) is 3.68. The highest BCUT2D eigenvalue weighted by atomic mass is 35.5. The molecule has 1 heterocycles. The summed E-state index contributed by atoms with van der Waals surface area (Å²) in [6.07, 6.45) is 0.721. The van der Waals surface area contributed by atoms with Gasteiger partial charge < -0.3 is 0 Å². The average Bonchev–Trinajstić information content (AvgIpc) is 2.85. The van der Waals surface area contributed by atoms with Crippen molar-refractivity contribution in [3.63, 3.8) is 0 Å². The Labute approximate surface area is 131 Å². The molecule has 0 aliphatic heterocycles. The van der Waals surface area contributed by atoms with Gasteiger partial charge in [-0.2, -0.15) is 5.10 Å². The van der Waals surface area contributed by atoms with Gasteiger partial charge in [0.2, 0.25) is 0 Å². The number of carbonyl (C=O) groups excluding carboxylic acids is 1. The van der Waals surface area contributed by atoms with Crippen LogP contribution in [-0.4, -0.2) is 16.1 Å². The van der Waals surface area contributed by atoms with Gasteiger partial charge in [-0.25, -0.2) is 4.68 Å². The summed E-state index contributed by atoms with van der Waals surface area (Å²) in [6, 6.07) is 16.6. The first-order valence-electron chi connectivity index (χ1n) is 6.26. The van der Waals surface area contributed by atoms with Gasteiger partial charge in [0, 0.05) is 10.6 Å². The average molecular weight is 317 g/mol. The Morgan fingerprint density at radius 3 is 2.43 bits per heavy atom. The Morgan fingerprint density at radius 2 is 1.76 bits per heavy atom. The molecule has 0 aliphatic rings. The standard InChI is InChI=1S/C16H10Cl2N2O/c17-12-7-4-8-13(9-12)20-16(18)14(10-21)15(19-20)11-5-2-1-3-6-11/h1-10H. The molecule has 0 fully saturated rings. The van der Waals surface area contributed by atoms with Crippen LogP contribution in [0.5, 0.6) is 0 Å². The van der Waals surface area contributed by atoms with Crippen LogP contribution in [0.25, 0.3) is 16.9 Å². The number of carbonyl (C=O) groups is 1. The van der Waals surface area contributed by atoms with Crippen LogP contribution < -0.4 is 0 Å². The molecule has 0 radical (unpaired) electrons. The lowest BCUT2D eigenvalue weighted by Gasteiger charge is -2.03. The van der Waals surface area contributed by atoms with Gasteiger partial charge in [0.15, 0.2) is 6.29 Å². The minimum Gasteiger partial charge on any atom is -0.298 e. The zero-order valence-electron chi connectivity index (χ0n) is 10.8. The van der Waals surface area contributed by atoms with Crippen LogP contribution in [-0.2, 0) is 0 Å². The summed E-state index contributed by atoms with van der Waals surface area (Å²) in [4.78, 5) is 11.4. The lowest BCUT2D eigenvalue weighted by molar-refractivity contribution is 0.112. The van der Waals surface area contributed by atoms with Crippen molar-refractivity contribution in [3.8, 4) is 16.9 Å². The third-order valence-electron chi connectivity index (χ3n) is 3.08. The van der Waals surface area contributed by atoms with E-state index in [0.717, 1.165) is 11.8 Å². The second-order valence-electron chi connectivity index (χ2n) is 4.43. The van der Waals surface area contributed by atoms with Crippen LogP contribution >= 0.6 is 23.2 Å². The number of aldehydes is 1. The summed E-state index contributed by atoms with van der Waals surface area (Å²) in [5.74, 6) is 0. The second kappa shape index (κ2) is 5.72. The number of nitrogens with zero attached hydrogens (tertiary/aromatic N) is 2. The number of halogens is 2. The third kappa shape index (κ3) is 2.58. The van der Waals surface area contributed by atoms with Crippen LogP contribution in [0.3, 0.4) is 0 Å². The van der Waals surface area contributed by atoms with Gasteiger partial charge >= 0.3 is 0 Å². The summed E-state index contributed by atoms with van der Waals surface area (Å²) in [6.45, 7) is 0. The lowest BCUT2D eigenvalue weighted by atomic mass is 10.1. The molecule has 21 heavy (non-hydrogen) atoms. The fourth-order valence-corrected chi connectivity index (χ4v) is 2.56. The van der Waals surface area contributed by atoms with Gasteiger partial charge in [-0.15, -0.1) is 0 Å². The highest BCUT2D eigenvalue weighted by Crippen LogP contribution is 2.30. The maximum absolute atomic E-state index is 11.4. The second-order valence-corrected chi connectivity index (χ2v) is 5.22. The van der Waals surface area contributed by atoms with Gasteiger partial charge in [-0.1, -0.05) is 59.6 Å². The Kier molecular flexibility index (Phi) is 3.78. The molecule has 104 valence electrons. The molecule has 0 atom stereocenters. The maximum atomic E-state index is 11.4.